The lowest BCUT2D eigenvalue weighted by Gasteiger charge is -2.23. The Hall–Kier alpha value is -5.20. The van der Waals surface area contributed by atoms with Crippen LogP contribution in [0.15, 0.2) is 121 Å². The Balaban J connectivity index is 1.20. The second-order valence-corrected chi connectivity index (χ2v) is 10.9. The van der Waals surface area contributed by atoms with Crippen molar-refractivity contribution in [2.24, 2.45) is 0 Å². The van der Waals surface area contributed by atoms with E-state index in [4.69, 9.17) is 11.6 Å². The standard InChI is InChI=1S/C36H27ClN4O2/c37-32-20-25(30-13-7-10-24-8-1-3-12-29(24)30)15-17-31(32)36(43)41-23-28-16-18-34(35(42)39-21-27-11-5-6-19-38-27)40(28)22-26-9-2-4-14-33(26)41/h1-20H,21-23H2,(H,39,42). The van der Waals surface area contributed by atoms with Crippen molar-refractivity contribution in [3.8, 4) is 11.1 Å². The van der Waals surface area contributed by atoms with Crippen LogP contribution in [0.1, 0.15) is 37.8 Å². The summed E-state index contributed by atoms with van der Waals surface area (Å²) >= 11 is 6.83. The summed E-state index contributed by atoms with van der Waals surface area (Å²) in [7, 11) is 0. The van der Waals surface area contributed by atoms with Gasteiger partial charge in [-0.15, -0.1) is 0 Å². The molecule has 7 rings (SSSR count). The average molecular weight is 583 g/mol. The number of amides is 2. The lowest BCUT2D eigenvalue weighted by molar-refractivity contribution is 0.0940. The van der Waals surface area contributed by atoms with Gasteiger partial charge in [-0.2, -0.15) is 0 Å². The molecule has 1 N–H and O–H groups in total. The lowest BCUT2D eigenvalue weighted by atomic mass is 9.97. The van der Waals surface area contributed by atoms with Gasteiger partial charge in [0.1, 0.15) is 5.69 Å². The summed E-state index contributed by atoms with van der Waals surface area (Å²) in [4.78, 5) is 33.4. The number of fused-ring (bicyclic) bond motifs is 3. The summed E-state index contributed by atoms with van der Waals surface area (Å²) in [6, 6.07) is 37.2. The molecule has 2 aromatic heterocycles. The Kier molecular flexibility index (Phi) is 6.97. The normalized spacial score (nSPS) is 12.3. The van der Waals surface area contributed by atoms with E-state index in [9.17, 15) is 9.59 Å². The number of aromatic nitrogens is 2. The maximum atomic E-state index is 14.2. The number of carbonyl (C=O) groups excluding carboxylic acids is 2. The first-order chi connectivity index (χ1) is 21.1. The zero-order chi connectivity index (χ0) is 29.3. The quantitative estimate of drug-likeness (QED) is 0.229. The predicted molar refractivity (Wildman–Crippen MR) is 170 cm³/mol. The van der Waals surface area contributed by atoms with E-state index in [0.717, 1.165) is 44.5 Å². The van der Waals surface area contributed by atoms with Gasteiger partial charge >= 0.3 is 0 Å². The number of hydrogen-bond acceptors (Lipinski definition) is 3. The van der Waals surface area contributed by atoms with E-state index in [-0.39, 0.29) is 11.8 Å². The fourth-order valence-electron chi connectivity index (χ4n) is 5.78. The molecule has 4 aromatic carbocycles. The molecule has 1 aliphatic heterocycles. The fraction of sp³-hybridized carbons (Fsp3) is 0.0833. The van der Waals surface area contributed by atoms with Crippen LogP contribution < -0.4 is 10.2 Å². The third kappa shape index (κ3) is 5.07. The summed E-state index contributed by atoms with van der Waals surface area (Å²) in [6.07, 6.45) is 1.71. The van der Waals surface area contributed by atoms with Crippen molar-refractivity contribution in [3.63, 3.8) is 0 Å². The highest BCUT2D eigenvalue weighted by Crippen LogP contribution is 2.34. The molecule has 0 atom stereocenters. The number of para-hydroxylation sites is 1. The Morgan fingerprint density at radius 2 is 1.63 bits per heavy atom. The minimum absolute atomic E-state index is 0.193. The number of carbonyl (C=O) groups is 2. The molecule has 0 saturated carbocycles. The van der Waals surface area contributed by atoms with Crippen LogP contribution >= 0.6 is 11.6 Å². The molecule has 3 heterocycles. The zero-order valence-corrected chi connectivity index (χ0v) is 24.0. The first kappa shape index (κ1) is 26.7. The lowest BCUT2D eigenvalue weighted by Crippen LogP contribution is -2.31. The number of benzene rings is 4. The Labute approximate surface area is 254 Å². The van der Waals surface area contributed by atoms with Gasteiger partial charge in [0.2, 0.25) is 0 Å². The van der Waals surface area contributed by atoms with Crippen LogP contribution in [0.25, 0.3) is 21.9 Å². The smallest absolute Gasteiger partial charge is 0.268 e. The van der Waals surface area contributed by atoms with Crippen LogP contribution in [0.3, 0.4) is 0 Å². The van der Waals surface area contributed by atoms with Gasteiger partial charge in [-0.25, -0.2) is 0 Å². The maximum Gasteiger partial charge on any atom is 0.268 e. The van der Waals surface area contributed by atoms with Crippen LogP contribution in [0.2, 0.25) is 5.02 Å². The summed E-state index contributed by atoms with van der Waals surface area (Å²) in [5.41, 5.74) is 6.34. The molecule has 0 radical (unpaired) electrons. The van der Waals surface area contributed by atoms with Crippen molar-refractivity contribution in [1.82, 2.24) is 14.9 Å². The molecule has 2 amide bonds. The first-order valence-electron chi connectivity index (χ1n) is 14.1. The van der Waals surface area contributed by atoms with Crippen molar-refractivity contribution in [2.45, 2.75) is 19.6 Å². The second kappa shape index (κ2) is 11.2. The van der Waals surface area contributed by atoms with Gasteiger partial charge in [0.15, 0.2) is 0 Å². The van der Waals surface area contributed by atoms with E-state index < -0.39 is 0 Å². The van der Waals surface area contributed by atoms with E-state index in [1.165, 1.54) is 0 Å². The third-order valence-corrected chi connectivity index (χ3v) is 8.25. The summed E-state index contributed by atoms with van der Waals surface area (Å²) < 4.78 is 1.98. The van der Waals surface area contributed by atoms with Gasteiger partial charge < -0.3 is 14.8 Å². The van der Waals surface area contributed by atoms with Crippen molar-refractivity contribution in [2.75, 3.05) is 4.90 Å². The molecule has 0 unspecified atom stereocenters. The summed E-state index contributed by atoms with van der Waals surface area (Å²) in [6.45, 7) is 1.09. The number of nitrogens with zero attached hydrogens (tertiary/aromatic N) is 3. The first-order valence-corrected chi connectivity index (χ1v) is 14.5. The highest BCUT2D eigenvalue weighted by atomic mass is 35.5. The van der Waals surface area contributed by atoms with E-state index in [1.807, 2.05) is 95.6 Å². The topological polar surface area (TPSA) is 67.2 Å². The minimum atomic E-state index is -0.197. The predicted octanol–water partition coefficient (Wildman–Crippen LogP) is 7.50. The number of hydrogen-bond donors (Lipinski definition) is 1. The summed E-state index contributed by atoms with van der Waals surface area (Å²) in [5, 5.41) is 5.63. The zero-order valence-electron chi connectivity index (χ0n) is 23.2. The number of rotatable bonds is 5. The minimum Gasteiger partial charge on any atom is -0.345 e. The molecule has 6 nitrogen and oxygen atoms in total. The SMILES string of the molecule is O=C(NCc1ccccn1)c1ccc2n1Cc1ccccc1N(C(=O)c1ccc(-c3cccc4ccccc34)cc1Cl)C2. The number of nitrogens with one attached hydrogen (secondary N) is 1. The monoisotopic (exact) mass is 582 g/mol. The Bertz CT molecular complexity index is 1990. The van der Waals surface area contributed by atoms with Crippen LogP contribution in [-0.4, -0.2) is 21.4 Å². The van der Waals surface area contributed by atoms with Crippen LogP contribution in [0.4, 0.5) is 5.69 Å². The molecule has 0 aliphatic carbocycles. The van der Waals surface area contributed by atoms with Crippen LogP contribution in [-0.2, 0) is 19.6 Å². The molecule has 0 saturated heterocycles. The van der Waals surface area contributed by atoms with E-state index in [2.05, 4.69) is 34.6 Å². The number of anilines is 1. The molecule has 7 heteroatoms. The molecule has 0 fully saturated rings. The molecule has 0 bridgehead atoms. The van der Waals surface area contributed by atoms with Gasteiger partial charge in [0.25, 0.3) is 11.8 Å². The van der Waals surface area contributed by atoms with Crippen LogP contribution in [0, 0.1) is 0 Å². The third-order valence-electron chi connectivity index (χ3n) is 7.94. The fourth-order valence-corrected chi connectivity index (χ4v) is 6.04. The van der Waals surface area contributed by atoms with Gasteiger partial charge in [-0.3, -0.25) is 14.6 Å². The Morgan fingerprint density at radius 1 is 0.814 bits per heavy atom. The molecular formula is C36H27ClN4O2. The molecule has 0 spiro atoms. The van der Waals surface area contributed by atoms with Gasteiger partial charge in [0.05, 0.1) is 35.9 Å². The molecular weight excluding hydrogens is 556 g/mol. The molecule has 6 aromatic rings. The largest absolute Gasteiger partial charge is 0.345 e. The van der Waals surface area contributed by atoms with Crippen LogP contribution in [0.5, 0.6) is 0 Å². The Morgan fingerprint density at radius 3 is 2.49 bits per heavy atom. The van der Waals surface area contributed by atoms with Crippen molar-refractivity contribution in [3.05, 3.63) is 155 Å². The van der Waals surface area contributed by atoms with Crippen molar-refractivity contribution >= 4 is 39.9 Å². The summed E-state index contributed by atoms with van der Waals surface area (Å²) in [5.74, 6) is -0.390. The van der Waals surface area contributed by atoms with Gasteiger partial charge in [0, 0.05) is 17.6 Å². The molecule has 210 valence electrons. The maximum absolute atomic E-state index is 14.2. The molecule has 43 heavy (non-hydrogen) atoms. The van der Waals surface area contributed by atoms with E-state index >= 15 is 0 Å². The van der Waals surface area contributed by atoms with Crippen molar-refractivity contribution in [1.29, 1.82) is 0 Å². The molecule has 1 aliphatic rings. The highest BCUT2D eigenvalue weighted by Gasteiger charge is 2.28. The second-order valence-electron chi connectivity index (χ2n) is 10.5. The van der Waals surface area contributed by atoms with Crippen molar-refractivity contribution < 1.29 is 9.59 Å². The average Bonchev–Trinajstić information content (AvgIpc) is 3.36. The van der Waals surface area contributed by atoms with E-state index in [0.29, 0.717) is 35.9 Å². The number of pyridine rings is 1. The van der Waals surface area contributed by atoms with Gasteiger partial charge in [-0.1, -0.05) is 84.4 Å². The van der Waals surface area contributed by atoms with E-state index in [1.54, 1.807) is 11.1 Å². The number of halogens is 1. The van der Waals surface area contributed by atoms with Gasteiger partial charge in [-0.05, 0) is 69.9 Å². The highest BCUT2D eigenvalue weighted by molar-refractivity contribution is 6.35.